The molecule has 0 aliphatic carbocycles. The molecule has 0 radical (unpaired) electrons. The van der Waals surface area contributed by atoms with E-state index < -0.39 is 0 Å². The summed E-state index contributed by atoms with van der Waals surface area (Å²) in [7, 11) is 1.98. The first-order valence-corrected chi connectivity index (χ1v) is 6.55. The van der Waals surface area contributed by atoms with E-state index in [-0.39, 0.29) is 0 Å². The van der Waals surface area contributed by atoms with E-state index in [4.69, 9.17) is 9.47 Å². The van der Waals surface area contributed by atoms with E-state index in [0.717, 1.165) is 44.0 Å². The lowest BCUT2D eigenvalue weighted by Crippen LogP contribution is -2.22. The SMILES string of the molecule is CNCCCNCCc1cc2c(cc1C)OCO2. The van der Waals surface area contributed by atoms with E-state index >= 15 is 0 Å². The van der Waals surface area contributed by atoms with Crippen LogP contribution < -0.4 is 20.1 Å². The van der Waals surface area contributed by atoms with Gasteiger partial charge < -0.3 is 20.1 Å². The van der Waals surface area contributed by atoms with Crippen LogP contribution in [0.5, 0.6) is 11.5 Å². The Morgan fingerprint density at radius 3 is 2.67 bits per heavy atom. The molecule has 2 N–H and O–H groups in total. The zero-order chi connectivity index (χ0) is 12.8. The van der Waals surface area contributed by atoms with E-state index in [1.54, 1.807) is 0 Å². The standard InChI is InChI=1S/C14H22N2O2/c1-11-8-13-14(18-10-17-13)9-12(11)4-7-16-6-3-5-15-2/h8-9,15-16H,3-7,10H2,1-2H3. The minimum Gasteiger partial charge on any atom is -0.454 e. The number of hydrogen-bond donors (Lipinski definition) is 2. The maximum Gasteiger partial charge on any atom is 0.231 e. The van der Waals surface area contributed by atoms with Gasteiger partial charge in [0.2, 0.25) is 6.79 Å². The predicted molar refractivity (Wildman–Crippen MR) is 72.4 cm³/mol. The van der Waals surface area contributed by atoms with Crippen molar-refractivity contribution in [3.8, 4) is 11.5 Å². The highest BCUT2D eigenvalue weighted by Crippen LogP contribution is 2.34. The topological polar surface area (TPSA) is 42.5 Å². The molecule has 0 amide bonds. The second-order valence-electron chi connectivity index (χ2n) is 4.59. The van der Waals surface area contributed by atoms with Gasteiger partial charge in [0.1, 0.15) is 0 Å². The van der Waals surface area contributed by atoms with Crippen molar-refractivity contribution in [2.45, 2.75) is 19.8 Å². The van der Waals surface area contributed by atoms with E-state index in [1.807, 2.05) is 7.05 Å². The number of nitrogens with one attached hydrogen (secondary N) is 2. The van der Waals surface area contributed by atoms with Gasteiger partial charge in [-0.25, -0.2) is 0 Å². The van der Waals surface area contributed by atoms with Gasteiger partial charge in [-0.3, -0.25) is 0 Å². The summed E-state index contributed by atoms with van der Waals surface area (Å²) in [5, 5.41) is 6.59. The Bertz CT molecular complexity index is 394. The number of hydrogen-bond acceptors (Lipinski definition) is 4. The summed E-state index contributed by atoms with van der Waals surface area (Å²) < 4.78 is 10.8. The summed E-state index contributed by atoms with van der Waals surface area (Å²) in [4.78, 5) is 0. The van der Waals surface area contributed by atoms with E-state index in [9.17, 15) is 0 Å². The van der Waals surface area contributed by atoms with Crippen LogP contribution in [-0.2, 0) is 6.42 Å². The largest absolute Gasteiger partial charge is 0.454 e. The van der Waals surface area contributed by atoms with Crippen molar-refractivity contribution < 1.29 is 9.47 Å². The summed E-state index contributed by atoms with van der Waals surface area (Å²) in [6, 6.07) is 4.17. The van der Waals surface area contributed by atoms with Crippen LogP contribution in [0.3, 0.4) is 0 Å². The molecule has 4 heteroatoms. The highest BCUT2D eigenvalue weighted by atomic mass is 16.7. The smallest absolute Gasteiger partial charge is 0.231 e. The number of rotatable bonds is 7. The highest BCUT2D eigenvalue weighted by molar-refractivity contribution is 5.48. The highest BCUT2D eigenvalue weighted by Gasteiger charge is 2.15. The summed E-state index contributed by atoms with van der Waals surface area (Å²) in [5.41, 5.74) is 2.61. The van der Waals surface area contributed by atoms with Crippen LogP contribution in [0.2, 0.25) is 0 Å². The summed E-state index contributed by atoms with van der Waals surface area (Å²) in [6.07, 6.45) is 2.19. The van der Waals surface area contributed by atoms with Crippen molar-refractivity contribution in [3.63, 3.8) is 0 Å². The third kappa shape index (κ3) is 3.37. The molecule has 0 saturated carbocycles. The van der Waals surface area contributed by atoms with Crippen molar-refractivity contribution in [2.75, 3.05) is 33.5 Å². The Morgan fingerprint density at radius 2 is 1.89 bits per heavy atom. The summed E-state index contributed by atoms with van der Waals surface area (Å²) in [5.74, 6) is 1.75. The molecule has 1 aromatic rings. The summed E-state index contributed by atoms with van der Waals surface area (Å²) >= 11 is 0. The molecule has 0 saturated heterocycles. The number of fused-ring (bicyclic) bond motifs is 1. The lowest BCUT2D eigenvalue weighted by atomic mass is 10.0. The molecule has 1 heterocycles. The Kier molecular flexibility index (Phi) is 4.84. The Labute approximate surface area is 109 Å². The quantitative estimate of drug-likeness (QED) is 0.719. The fourth-order valence-electron chi connectivity index (χ4n) is 2.09. The van der Waals surface area contributed by atoms with Gasteiger partial charge in [0.25, 0.3) is 0 Å². The van der Waals surface area contributed by atoms with Gasteiger partial charge in [0.05, 0.1) is 0 Å². The van der Waals surface area contributed by atoms with Crippen LogP contribution in [-0.4, -0.2) is 33.5 Å². The van der Waals surface area contributed by atoms with Gasteiger partial charge in [-0.1, -0.05) is 0 Å². The van der Waals surface area contributed by atoms with Gasteiger partial charge >= 0.3 is 0 Å². The fraction of sp³-hybridized carbons (Fsp3) is 0.571. The van der Waals surface area contributed by atoms with Crippen LogP contribution in [0, 0.1) is 6.92 Å². The molecule has 100 valence electrons. The van der Waals surface area contributed by atoms with Crippen molar-refractivity contribution in [1.82, 2.24) is 10.6 Å². The molecule has 2 rings (SSSR count). The molecule has 0 bridgehead atoms. The maximum atomic E-state index is 5.40. The van der Waals surface area contributed by atoms with Crippen LogP contribution in [0.1, 0.15) is 17.5 Å². The van der Waals surface area contributed by atoms with Gasteiger partial charge in [0, 0.05) is 0 Å². The van der Waals surface area contributed by atoms with Gasteiger partial charge in [0.15, 0.2) is 11.5 Å². The normalized spacial score (nSPS) is 13.0. The third-order valence-electron chi connectivity index (χ3n) is 3.18. The third-order valence-corrected chi connectivity index (χ3v) is 3.18. The van der Waals surface area contributed by atoms with Crippen LogP contribution in [0.25, 0.3) is 0 Å². The van der Waals surface area contributed by atoms with E-state index in [0.29, 0.717) is 6.79 Å². The lowest BCUT2D eigenvalue weighted by Gasteiger charge is -2.08. The first-order valence-electron chi connectivity index (χ1n) is 6.55. The van der Waals surface area contributed by atoms with E-state index in [1.165, 1.54) is 11.1 Å². The Morgan fingerprint density at radius 1 is 1.11 bits per heavy atom. The minimum absolute atomic E-state index is 0.348. The number of benzene rings is 1. The molecule has 18 heavy (non-hydrogen) atoms. The molecule has 4 nitrogen and oxygen atoms in total. The van der Waals surface area contributed by atoms with Crippen molar-refractivity contribution in [3.05, 3.63) is 23.3 Å². The Hall–Kier alpha value is -1.26. The van der Waals surface area contributed by atoms with Gasteiger partial charge in [-0.05, 0) is 69.7 Å². The molecule has 0 aromatic heterocycles. The fourth-order valence-corrected chi connectivity index (χ4v) is 2.09. The van der Waals surface area contributed by atoms with Crippen LogP contribution in [0.4, 0.5) is 0 Å². The van der Waals surface area contributed by atoms with E-state index in [2.05, 4.69) is 29.7 Å². The summed E-state index contributed by atoms with van der Waals surface area (Å²) in [6.45, 7) is 5.60. The number of ether oxygens (including phenoxy) is 2. The van der Waals surface area contributed by atoms with Crippen molar-refractivity contribution >= 4 is 0 Å². The maximum absolute atomic E-state index is 5.40. The predicted octanol–water partition coefficient (Wildman–Crippen LogP) is 1.47. The molecule has 1 aromatic carbocycles. The average molecular weight is 250 g/mol. The molecule has 0 spiro atoms. The molecule has 0 unspecified atom stereocenters. The molecule has 1 aliphatic heterocycles. The van der Waals surface area contributed by atoms with Gasteiger partial charge in [-0.15, -0.1) is 0 Å². The first-order chi connectivity index (χ1) is 8.81. The van der Waals surface area contributed by atoms with Crippen LogP contribution >= 0.6 is 0 Å². The lowest BCUT2D eigenvalue weighted by molar-refractivity contribution is 0.174. The Balaban J connectivity index is 1.79. The van der Waals surface area contributed by atoms with Crippen LogP contribution in [0.15, 0.2) is 12.1 Å². The second-order valence-corrected chi connectivity index (χ2v) is 4.59. The minimum atomic E-state index is 0.348. The molecule has 1 aliphatic rings. The van der Waals surface area contributed by atoms with Crippen molar-refractivity contribution in [1.29, 1.82) is 0 Å². The zero-order valence-electron chi connectivity index (χ0n) is 11.2. The zero-order valence-corrected chi connectivity index (χ0v) is 11.2. The van der Waals surface area contributed by atoms with Gasteiger partial charge in [-0.2, -0.15) is 0 Å². The second kappa shape index (κ2) is 6.61. The molecular formula is C14H22N2O2. The molecular weight excluding hydrogens is 228 g/mol. The monoisotopic (exact) mass is 250 g/mol. The van der Waals surface area contributed by atoms with Crippen molar-refractivity contribution in [2.24, 2.45) is 0 Å². The first kappa shape index (κ1) is 13.2. The molecule has 0 atom stereocenters. The number of aryl methyl sites for hydroxylation is 1. The molecule has 0 fully saturated rings. The average Bonchev–Trinajstić information content (AvgIpc) is 2.80.